The van der Waals surface area contributed by atoms with Gasteiger partial charge in [-0.15, -0.1) is 0 Å². The van der Waals surface area contributed by atoms with Crippen LogP contribution in [0.15, 0.2) is 0 Å². The summed E-state index contributed by atoms with van der Waals surface area (Å²) in [5, 5.41) is 9.56. The first-order valence-electron chi connectivity index (χ1n) is 8.84. The van der Waals surface area contributed by atoms with Crippen molar-refractivity contribution in [3.63, 3.8) is 0 Å². The molecule has 0 bridgehead atoms. The van der Waals surface area contributed by atoms with E-state index in [2.05, 4.69) is 26.8 Å². The second kappa shape index (κ2) is 10.3. The van der Waals surface area contributed by atoms with E-state index in [-0.39, 0.29) is 28.3 Å². The molecule has 0 saturated heterocycles. The van der Waals surface area contributed by atoms with Crippen LogP contribution in [0.3, 0.4) is 0 Å². The van der Waals surface area contributed by atoms with Gasteiger partial charge in [0.25, 0.3) is 0 Å². The van der Waals surface area contributed by atoms with Gasteiger partial charge in [-0.3, -0.25) is 0 Å². The summed E-state index contributed by atoms with van der Waals surface area (Å²) in [7, 11) is 0. The van der Waals surface area contributed by atoms with E-state index in [9.17, 15) is 5.26 Å². The van der Waals surface area contributed by atoms with E-state index in [0.29, 0.717) is 17.5 Å². The third-order valence-electron chi connectivity index (χ3n) is 4.48. The molecule has 0 fully saturated rings. The van der Waals surface area contributed by atoms with E-state index >= 15 is 4.39 Å². The average Bonchev–Trinajstić information content (AvgIpc) is 2.52. The molecule has 122 valence electrons. The molecule has 0 spiro atoms. The number of hydrogen-bond donors (Lipinski definition) is 0. The fourth-order valence-corrected chi connectivity index (χ4v) is 5.83. The molecule has 0 heterocycles. The zero-order valence-corrected chi connectivity index (χ0v) is 20.4. The van der Waals surface area contributed by atoms with Gasteiger partial charge in [-0.25, -0.2) is 0 Å². The second-order valence-electron chi connectivity index (χ2n) is 6.17. The molecule has 1 aromatic rings. The molecule has 0 aromatic heterocycles. The summed E-state index contributed by atoms with van der Waals surface area (Å²) >= 11 is 0.222. The Bertz CT molecular complexity index is 531. The SMILES string of the molecule is CCCCc1c(F)c(CCCC)c(CCCC)[c]([SnH3])c1C#N. The molecule has 0 N–H and O–H groups in total. The van der Waals surface area contributed by atoms with Crippen molar-refractivity contribution in [3.05, 3.63) is 28.1 Å². The molecule has 0 unspecified atom stereocenters. The molecule has 0 aliphatic carbocycles. The maximum absolute atomic E-state index is 15.1. The van der Waals surface area contributed by atoms with Crippen LogP contribution < -0.4 is 3.58 Å². The van der Waals surface area contributed by atoms with Crippen LogP contribution in [0.4, 0.5) is 4.39 Å². The molecule has 0 atom stereocenters. The fraction of sp³-hybridized carbons (Fsp3) is 0.632. The summed E-state index contributed by atoms with van der Waals surface area (Å²) in [5.74, 6) is -0.0542. The minimum absolute atomic E-state index is 0.0542. The van der Waals surface area contributed by atoms with Crippen LogP contribution in [0.1, 0.15) is 81.5 Å². The van der Waals surface area contributed by atoms with Crippen LogP contribution in [0.25, 0.3) is 0 Å². The minimum atomic E-state index is -0.0542. The number of hydrogen-bond acceptors (Lipinski definition) is 1. The topological polar surface area (TPSA) is 23.8 Å². The number of unbranched alkanes of at least 4 members (excludes halogenated alkanes) is 3. The Hall–Kier alpha value is -0.561. The molecule has 0 saturated carbocycles. The number of nitrogens with zero attached hydrogens (tertiary/aromatic N) is 1. The Labute approximate surface area is 148 Å². The van der Waals surface area contributed by atoms with Crippen molar-refractivity contribution in [2.45, 2.75) is 78.6 Å². The normalized spacial score (nSPS) is 10.9. The molecule has 1 nitrogen and oxygen atoms in total. The van der Waals surface area contributed by atoms with Crippen molar-refractivity contribution in [2.75, 3.05) is 0 Å². The van der Waals surface area contributed by atoms with E-state index in [1.807, 2.05) is 0 Å². The predicted octanol–water partition coefficient (Wildman–Crippen LogP) is 3.72. The summed E-state index contributed by atoms with van der Waals surface area (Å²) in [6.07, 6.45) is 8.80. The Morgan fingerprint density at radius 1 is 0.864 bits per heavy atom. The fourth-order valence-electron chi connectivity index (χ4n) is 3.07. The summed E-state index contributed by atoms with van der Waals surface area (Å²) in [5.41, 5.74) is 3.54. The molecule has 3 heteroatoms. The van der Waals surface area contributed by atoms with Gasteiger partial charge in [0.15, 0.2) is 0 Å². The van der Waals surface area contributed by atoms with Crippen molar-refractivity contribution in [1.82, 2.24) is 0 Å². The third kappa shape index (κ3) is 4.72. The van der Waals surface area contributed by atoms with Crippen molar-refractivity contribution in [2.24, 2.45) is 0 Å². The number of halogens is 1. The quantitative estimate of drug-likeness (QED) is 0.570. The van der Waals surface area contributed by atoms with E-state index in [1.165, 1.54) is 9.14 Å². The van der Waals surface area contributed by atoms with Crippen LogP contribution in [0, 0.1) is 17.1 Å². The zero-order valence-electron chi connectivity index (χ0n) is 14.7. The molecule has 0 radical (unpaired) electrons. The summed E-state index contributed by atoms with van der Waals surface area (Å²) < 4.78 is 16.3. The summed E-state index contributed by atoms with van der Waals surface area (Å²) in [6.45, 7) is 6.43. The monoisotopic (exact) mass is 411 g/mol. The van der Waals surface area contributed by atoms with Crippen molar-refractivity contribution >= 4 is 26.1 Å². The maximum atomic E-state index is 15.1. The van der Waals surface area contributed by atoms with E-state index in [4.69, 9.17) is 0 Å². The van der Waals surface area contributed by atoms with Gasteiger partial charge in [0.05, 0.1) is 0 Å². The molecular weight excluding hydrogens is 380 g/mol. The van der Waals surface area contributed by atoms with Gasteiger partial charge in [0.1, 0.15) is 0 Å². The van der Waals surface area contributed by atoms with Gasteiger partial charge in [0.2, 0.25) is 0 Å². The van der Waals surface area contributed by atoms with Crippen molar-refractivity contribution in [3.8, 4) is 6.07 Å². The van der Waals surface area contributed by atoms with Gasteiger partial charge >= 0.3 is 148 Å². The summed E-state index contributed by atoms with van der Waals surface area (Å²) in [4.78, 5) is 0. The van der Waals surface area contributed by atoms with Crippen molar-refractivity contribution < 1.29 is 4.39 Å². The molecule has 1 rings (SSSR count). The molecule has 0 aliphatic heterocycles. The van der Waals surface area contributed by atoms with Gasteiger partial charge in [-0.2, -0.15) is 0 Å². The second-order valence-corrected chi connectivity index (χ2v) is 9.03. The average molecular weight is 410 g/mol. The van der Waals surface area contributed by atoms with Crippen LogP contribution in [0.2, 0.25) is 0 Å². The Balaban J connectivity index is 3.41. The molecule has 22 heavy (non-hydrogen) atoms. The number of nitriles is 1. The first-order valence-corrected chi connectivity index (χ1v) is 11.7. The first-order chi connectivity index (χ1) is 10.6. The zero-order chi connectivity index (χ0) is 16.5. The van der Waals surface area contributed by atoms with Gasteiger partial charge in [-0.05, 0) is 0 Å². The van der Waals surface area contributed by atoms with Gasteiger partial charge < -0.3 is 0 Å². The number of benzene rings is 1. The van der Waals surface area contributed by atoms with E-state index < -0.39 is 0 Å². The molecule has 0 amide bonds. The first kappa shape index (κ1) is 19.5. The van der Waals surface area contributed by atoms with Crippen LogP contribution in [-0.4, -0.2) is 22.5 Å². The van der Waals surface area contributed by atoms with Crippen LogP contribution in [0.5, 0.6) is 0 Å². The van der Waals surface area contributed by atoms with E-state index in [0.717, 1.165) is 56.9 Å². The Morgan fingerprint density at radius 2 is 1.32 bits per heavy atom. The van der Waals surface area contributed by atoms with Crippen LogP contribution >= 0.6 is 0 Å². The molecular formula is C19H30FNSn. The molecule has 1 aromatic carbocycles. The van der Waals surface area contributed by atoms with Gasteiger partial charge in [0, 0.05) is 0 Å². The molecule has 0 aliphatic rings. The predicted molar refractivity (Wildman–Crippen MR) is 96.5 cm³/mol. The summed E-state index contributed by atoms with van der Waals surface area (Å²) in [6, 6.07) is 2.33. The van der Waals surface area contributed by atoms with E-state index in [1.54, 1.807) is 0 Å². The standard InChI is InChI=1S/C19H27FN.Sn.3H/c1-4-7-10-15-13-16(14-21)18(12-9-6-3)19(20)17(15)11-8-5-2;;;;/h4-12H2,1-3H3;;;;. The third-order valence-corrected chi connectivity index (χ3v) is 7.63. The number of rotatable bonds is 9. The van der Waals surface area contributed by atoms with Crippen molar-refractivity contribution in [1.29, 1.82) is 5.26 Å². The van der Waals surface area contributed by atoms with Gasteiger partial charge in [-0.1, -0.05) is 0 Å². The Morgan fingerprint density at radius 3 is 1.77 bits per heavy atom. The Kier molecular flexibility index (Phi) is 9.09. The van der Waals surface area contributed by atoms with Crippen LogP contribution in [-0.2, 0) is 19.3 Å².